The van der Waals surface area contributed by atoms with Gasteiger partial charge >= 0.3 is 0 Å². The summed E-state index contributed by atoms with van der Waals surface area (Å²) >= 11 is 1.23. The van der Waals surface area contributed by atoms with Gasteiger partial charge in [0.25, 0.3) is 11.1 Å². The average molecular weight is 392 g/mol. The van der Waals surface area contributed by atoms with E-state index in [0.29, 0.717) is 11.1 Å². The normalized spacial score (nSPS) is 11.1. The van der Waals surface area contributed by atoms with E-state index in [1.54, 1.807) is 0 Å². The van der Waals surface area contributed by atoms with E-state index in [1.165, 1.54) is 11.8 Å². The molecule has 2 aromatic carbocycles. The summed E-state index contributed by atoms with van der Waals surface area (Å²) in [4.78, 5) is 15.6. The topological polar surface area (TPSA) is 83.8 Å². The summed E-state index contributed by atoms with van der Waals surface area (Å²) in [6, 6.07) is 13.9. The molecule has 7 heteroatoms. The molecule has 0 radical (unpaired) electrons. The number of rotatable bonds is 6. The molecule has 0 atom stereocenters. The van der Waals surface area contributed by atoms with Crippen molar-refractivity contribution in [3.05, 3.63) is 59.8 Å². The van der Waals surface area contributed by atoms with E-state index in [-0.39, 0.29) is 11.7 Å². The number of aryl methyl sites for hydroxylation is 2. The zero-order chi connectivity index (χ0) is 19.5. The number of H-pyrrole nitrogens is 1. The minimum atomic E-state index is -0.0964. The minimum absolute atomic E-state index is 0.0964. The molecule has 0 fully saturated rings. The number of aromatic amines is 1. The SMILES string of the molecule is CCc1cccc(C)c1NC(=O)CSc1nnc(-c2c[nH]c3ccccc23)o1. The van der Waals surface area contributed by atoms with Gasteiger partial charge in [-0.1, -0.05) is 55.1 Å². The first-order chi connectivity index (χ1) is 13.7. The highest BCUT2D eigenvalue weighted by Gasteiger charge is 2.15. The summed E-state index contributed by atoms with van der Waals surface area (Å²) in [5.74, 6) is 0.542. The summed E-state index contributed by atoms with van der Waals surface area (Å²) in [5.41, 5.74) is 4.93. The van der Waals surface area contributed by atoms with Crippen LogP contribution >= 0.6 is 11.8 Å². The highest BCUT2D eigenvalue weighted by molar-refractivity contribution is 7.99. The highest BCUT2D eigenvalue weighted by atomic mass is 32.2. The lowest BCUT2D eigenvalue weighted by Gasteiger charge is -2.12. The number of hydrogen-bond acceptors (Lipinski definition) is 5. The van der Waals surface area contributed by atoms with E-state index in [4.69, 9.17) is 4.42 Å². The molecule has 0 bridgehead atoms. The molecule has 4 aromatic rings. The number of amides is 1. The third-order valence-electron chi connectivity index (χ3n) is 4.56. The first kappa shape index (κ1) is 18.3. The van der Waals surface area contributed by atoms with Gasteiger partial charge in [-0.25, -0.2) is 0 Å². The van der Waals surface area contributed by atoms with Crippen LogP contribution in [-0.4, -0.2) is 26.8 Å². The fraction of sp³-hybridized carbons (Fsp3) is 0.190. The summed E-state index contributed by atoms with van der Waals surface area (Å²) in [5, 5.41) is 12.6. The second kappa shape index (κ2) is 7.90. The van der Waals surface area contributed by atoms with Crippen LogP contribution in [0.1, 0.15) is 18.1 Å². The maximum Gasteiger partial charge on any atom is 0.277 e. The lowest BCUT2D eigenvalue weighted by Crippen LogP contribution is -2.16. The largest absolute Gasteiger partial charge is 0.411 e. The quantitative estimate of drug-likeness (QED) is 0.460. The fourth-order valence-corrected chi connectivity index (χ4v) is 3.69. The molecule has 0 aliphatic rings. The summed E-state index contributed by atoms with van der Waals surface area (Å²) < 4.78 is 5.75. The molecule has 0 aliphatic carbocycles. The fourth-order valence-electron chi connectivity index (χ4n) is 3.13. The third kappa shape index (κ3) is 3.66. The highest BCUT2D eigenvalue weighted by Crippen LogP contribution is 2.29. The monoisotopic (exact) mass is 392 g/mol. The number of hydrogen-bond donors (Lipinski definition) is 2. The molecule has 2 heterocycles. The van der Waals surface area contributed by atoms with Gasteiger partial charge in [0.1, 0.15) is 0 Å². The van der Waals surface area contributed by atoms with E-state index in [2.05, 4.69) is 27.4 Å². The number of carbonyl (C=O) groups is 1. The molecule has 2 aromatic heterocycles. The van der Waals surface area contributed by atoms with Gasteiger partial charge in [0, 0.05) is 22.8 Å². The van der Waals surface area contributed by atoms with Crippen molar-refractivity contribution in [2.75, 3.05) is 11.1 Å². The van der Waals surface area contributed by atoms with Crippen molar-refractivity contribution in [1.29, 1.82) is 0 Å². The van der Waals surface area contributed by atoms with Crippen LogP contribution in [0.2, 0.25) is 0 Å². The molecule has 4 rings (SSSR count). The Labute approximate surface area is 166 Å². The standard InChI is InChI=1S/C21H20N4O2S/c1-3-14-8-6-7-13(2)19(14)23-18(26)12-28-21-25-24-20(27-21)16-11-22-17-10-5-4-9-15(16)17/h4-11,22H,3,12H2,1-2H3,(H,23,26). The van der Waals surface area contributed by atoms with Crippen molar-refractivity contribution in [1.82, 2.24) is 15.2 Å². The minimum Gasteiger partial charge on any atom is -0.411 e. The van der Waals surface area contributed by atoms with Gasteiger partial charge in [0.05, 0.1) is 11.3 Å². The smallest absolute Gasteiger partial charge is 0.277 e. The van der Waals surface area contributed by atoms with Gasteiger partial charge in [-0.3, -0.25) is 4.79 Å². The predicted molar refractivity (Wildman–Crippen MR) is 112 cm³/mol. The van der Waals surface area contributed by atoms with Crippen molar-refractivity contribution in [3.63, 3.8) is 0 Å². The molecule has 0 spiro atoms. The first-order valence-corrected chi connectivity index (χ1v) is 10.1. The van der Waals surface area contributed by atoms with Gasteiger partial charge in [-0.05, 0) is 30.5 Å². The Morgan fingerprint density at radius 3 is 2.89 bits per heavy atom. The predicted octanol–water partition coefficient (Wildman–Crippen LogP) is 4.82. The number of nitrogens with one attached hydrogen (secondary N) is 2. The second-order valence-corrected chi connectivity index (χ2v) is 7.35. The van der Waals surface area contributed by atoms with E-state index < -0.39 is 0 Å². The van der Waals surface area contributed by atoms with Crippen molar-refractivity contribution >= 4 is 34.3 Å². The molecule has 28 heavy (non-hydrogen) atoms. The van der Waals surface area contributed by atoms with Gasteiger partial charge in [0.15, 0.2) is 0 Å². The van der Waals surface area contributed by atoms with Crippen LogP contribution in [-0.2, 0) is 11.2 Å². The molecule has 0 aliphatic heterocycles. The summed E-state index contributed by atoms with van der Waals surface area (Å²) in [6.07, 6.45) is 2.71. The molecular weight excluding hydrogens is 372 g/mol. The van der Waals surface area contributed by atoms with Crippen LogP contribution < -0.4 is 5.32 Å². The number of anilines is 1. The first-order valence-electron chi connectivity index (χ1n) is 9.07. The van der Waals surface area contributed by atoms with E-state index >= 15 is 0 Å². The van der Waals surface area contributed by atoms with Crippen LogP contribution in [0, 0.1) is 6.92 Å². The Morgan fingerprint density at radius 1 is 1.18 bits per heavy atom. The number of para-hydroxylation sites is 2. The van der Waals surface area contributed by atoms with E-state index in [0.717, 1.165) is 39.7 Å². The van der Waals surface area contributed by atoms with Crippen molar-refractivity contribution in [3.8, 4) is 11.5 Å². The Bertz CT molecular complexity index is 1130. The zero-order valence-corrected chi connectivity index (χ0v) is 16.5. The second-order valence-electron chi connectivity index (χ2n) is 6.42. The lowest BCUT2D eigenvalue weighted by molar-refractivity contribution is -0.113. The third-order valence-corrected chi connectivity index (χ3v) is 5.38. The van der Waals surface area contributed by atoms with Crippen LogP contribution in [0.15, 0.2) is 58.3 Å². The Hall–Kier alpha value is -3.06. The average Bonchev–Trinajstić information content (AvgIpc) is 3.34. The molecule has 0 saturated carbocycles. The van der Waals surface area contributed by atoms with Gasteiger partial charge in [-0.2, -0.15) is 0 Å². The van der Waals surface area contributed by atoms with Crippen molar-refractivity contribution in [2.24, 2.45) is 0 Å². The number of thioether (sulfide) groups is 1. The van der Waals surface area contributed by atoms with Crippen molar-refractivity contribution in [2.45, 2.75) is 25.5 Å². The van der Waals surface area contributed by atoms with Crippen LogP contribution in [0.25, 0.3) is 22.4 Å². The number of benzene rings is 2. The molecule has 6 nitrogen and oxygen atoms in total. The summed E-state index contributed by atoms with van der Waals surface area (Å²) in [7, 11) is 0. The Balaban J connectivity index is 1.43. The molecule has 0 unspecified atom stereocenters. The van der Waals surface area contributed by atoms with Crippen LogP contribution in [0.5, 0.6) is 0 Å². The molecule has 142 valence electrons. The summed E-state index contributed by atoms with van der Waals surface area (Å²) in [6.45, 7) is 4.07. The number of aromatic nitrogens is 3. The molecule has 0 saturated heterocycles. The van der Waals surface area contributed by atoms with E-state index in [1.807, 2.05) is 55.6 Å². The molecule has 2 N–H and O–H groups in total. The zero-order valence-electron chi connectivity index (χ0n) is 15.7. The Morgan fingerprint density at radius 2 is 2.04 bits per heavy atom. The van der Waals surface area contributed by atoms with Gasteiger partial charge in [0.2, 0.25) is 5.91 Å². The number of carbonyl (C=O) groups excluding carboxylic acids is 1. The van der Waals surface area contributed by atoms with Crippen LogP contribution in [0.4, 0.5) is 5.69 Å². The molecule has 1 amide bonds. The van der Waals surface area contributed by atoms with Crippen molar-refractivity contribution < 1.29 is 9.21 Å². The van der Waals surface area contributed by atoms with Crippen LogP contribution in [0.3, 0.4) is 0 Å². The van der Waals surface area contributed by atoms with E-state index in [9.17, 15) is 4.79 Å². The maximum atomic E-state index is 12.4. The van der Waals surface area contributed by atoms with Gasteiger partial charge < -0.3 is 14.7 Å². The number of fused-ring (bicyclic) bond motifs is 1. The Kier molecular flexibility index (Phi) is 5.16. The maximum absolute atomic E-state index is 12.4. The lowest BCUT2D eigenvalue weighted by atomic mass is 10.1. The molecular formula is C21H20N4O2S. The van der Waals surface area contributed by atoms with Gasteiger partial charge in [-0.15, -0.1) is 10.2 Å². The number of nitrogens with zero attached hydrogens (tertiary/aromatic N) is 2.